The first-order valence-corrected chi connectivity index (χ1v) is 9.75. The second-order valence-corrected chi connectivity index (χ2v) is 9.25. The van der Waals surface area contributed by atoms with Gasteiger partial charge in [0.1, 0.15) is 5.60 Å². The number of carbonyl (C=O) groups is 3. The van der Waals surface area contributed by atoms with Gasteiger partial charge in [0.05, 0.1) is 10.8 Å². The summed E-state index contributed by atoms with van der Waals surface area (Å²) in [5.41, 5.74) is 3.59. The van der Waals surface area contributed by atoms with Crippen molar-refractivity contribution in [1.82, 2.24) is 21.1 Å². The summed E-state index contributed by atoms with van der Waals surface area (Å²) >= 11 is 0. The number of piperidine rings is 2. The van der Waals surface area contributed by atoms with Crippen LogP contribution in [0.4, 0.5) is 4.79 Å². The van der Waals surface area contributed by atoms with Crippen LogP contribution in [-0.4, -0.2) is 54.6 Å². The van der Waals surface area contributed by atoms with E-state index in [0.717, 1.165) is 25.9 Å². The molecule has 0 atom stereocenters. The number of nitrogens with one attached hydrogen (secondary N) is 3. The Morgan fingerprint density at radius 1 is 0.889 bits per heavy atom. The third-order valence-corrected chi connectivity index (χ3v) is 5.61. The van der Waals surface area contributed by atoms with E-state index in [-0.39, 0.29) is 17.9 Å². The number of hydrogen-bond acceptors (Lipinski definition) is 5. The van der Waals surface area contributed by atoms with Crippen LogP contribution in [0.3, 0.4) is 0 Å². The Labute approximate surface area is 161 Å². The lowest BCUT2D eigenvalue weighted by molar-refractivity contribution is -0.140. The van der Waals surface area contributed by atoms with E-state index in [9.17, 15) is 14.4 Å². The Morgan fingerprint density at radius 2 is 1.33 bits per heavy atom. The van der Waals surface area contributed by atoms with Gasteiger partial charge in [0.25, 0.3) is 0 Å². The second-order valence-electron chi connectivity index (χ2n) is 9.25. The summed E-state index contributed by atoms with van der Waals surface area (Å²) in [5, 5.41) is 3.23. The van der Waals surface area contributed by atoms with E-state index >= 15 is 0 Å². The Kier molecular flexibility index (Phi) is 6.39. The van der Waals surface area contributed by atoms with E-state index in [1.54, 1.807) is 4.90 Å². The molecule has 0 spiro atoms. The molecular formula is C19H34N4O4. The molecule has 8 heteroatoms. The van der Waals surface area contributed by atoms with Crippen molar-refractivity contribution in [2.45, 2.75) is 65.9 Å². The van der Waals surface area contributed by atoms with Crippen molar-refractivity contribution in [1.29, 1.82) is 0 Å². The van der Waals surface area contributed by atoms with E-state index in [2.05, 4.69) is 16.2 Å². The van der Waals surface area contributed by atoms with Gasteiger partial charge >= 0.3 is 6.09 Å². The molecule has 2 fully saturated rings. The third kappa shape index (κ3) is 5.57. The van der Waals surface area contributed by atoms with E-state index < -0.39 is 16.4 Å². The number of hydrogen-bond donors (Lipinski definition) is 3. The van der Waals surface area contributed by atoms with Crippen molar-refractivity contribution in [2.75, 3.05) is 26.2 Å². The number of rotatable bonds is 2. The van der Waals surface area contributed by atoms with Crippen LogP contribution >= 0.6 is 0 Å². The maximum atomic E-state index is 12.6. The molecular weight excluding hydrogens is 348 g/mol. The predicted molar refractivity (Wildman–Crippen MR) is 102 cm³/mol. The third-order valence-electron chi connectivity index (χ3n) is 5.61. The second kappa shape index (κ2) is 8.04. The van der Waals surface area contributed by atoms with Gasteiger partial charge in [-0.2, -0.15) is 0 Å². The summed E-state index contributed by atoms with van der Waals surface area (Å²) < 4.78 is 5.39. The molecule has 0 radical (unpaired) electrons. The van der Waals surface area contributed by atoms with Gasteiger partial charge in [-0.05, 0) is 59.5 Å². The average molecular weight is 383 g/mol. The average Bonchev–Trinajstić information content (AvgIpc) is 2.59. The maximum absolute atomic E-state index is 12.6. The molecule has 2 rings (SSSR count). The highest BCUT2D eigenvalue weighted by molar-refractivity contribution is 5.88. The summed E-state index contributed by atoms with van der Waals surface area (Å²) in [5.74, 6) is -0.357. The molecule has 2 aliphatic rings. The van der Waals surface area contributed by atoms with Gasteiger partial charge < -0.3 is 15.0 Å². The van der Waals surface area contributed by atoms with Crippen molar-refractivity contribution in [3.05, 3.63) is 0 Å². The Morgan fingerprint density at radius 3 is 1.78 bits per heavy atom. The molecule has 0 saturated carbocycles. The van der Waals surface area contributed by atoms with E-state index in [1.165, 1.54) is 0 Å². The van der Waals surface area contributed by atoms with Crippen molar-refractivity contribution in [3.8, 4) is 0 Å². The van der Waals surface area contributed by atoms with Gasteiger partial charge in [0.2, 0.25) is 11.8 Å². The lowest BCUT2D eigenvalue weighted by Crippen LogP contribution is -2.56. The lowest BCUT2D eigenvalue weighted by Gasteiger charge is -2.39. The molecule has 154 valence electrons. The van der Waals surface area contributed by atoms with E-state index in [0.29, 0.717) is 25.9 Å². The van der Waals surface area contributed by atoms with Crippen LogP contribution in [0.25, 0.3) is 0 Å². The fourth-order valence-electron chi connectivity index (χ4n) is 3.36. The van der Waals surface area contributed by atoms with Crippen LogP contribution in [0, 0.1) is 10.8 Å². The number of likely N-dealkylation sites (tertiary alicyclic amines) is 1. The molecule has 0 aliphatic carbocycles. The van der Waals surface area contributed by atoms with Crippen LogP contribution in [0.2, 0.25) is 0 Å². The minimum atomic E-state index is -0.624. The quantitative estimate of drug-likeness (QED) is 0.630. The smallest absolute Gasteiger partial charge is 0.410 e. The summed E-state index contributed by atoms with van der Waals surface area (Å²) in [6.07, 6.45) is 2.19. The SMILES string of the molecule is CC(C)(C)OC(=O)N1CCC(C)(C(=O)NNC(=O)C2(C)CCNCC2)CC1. The number of nitrogens with zero attached hydrogens (tertiary/aromatic N) is 1. The summed E-state index contributed by atoms with van der Waals surface area (Å²) in [6.45, 7) is 11.8. The standard InChI is InChI=1S/C19H34N4O4/c1-17(2,3)27-16(26)23-12-8-19(5,9-13-23)15(25)22-21-14(24)18(4)6-10-20-11-7-18/h20H,6-13H2,1-5H3,(H,21,24)(H,22,25). The molecule has 27 heavy (non-hydrogen) atoms. The molecule has 0 aromatic rings. The minimum absolute atomic E-state index is 0.146. The highest BCUT2D eigenvalue weighted by atomic mass is 16.6. The first kappa shape index (κ1) is 21.5. The zero-order chi connectivity index (χ0) is 20.3. The van der Waals surface area contributed by atoms with Crippen LogP contribution in [0.15, 0.2) is 0 Å². The van der Waals surface area contributed by atoms with Crippen molar-refractivity contribution >= 4 is 17.9 Å². The maximum Gasteiger partial charge on any atom is 0.410 e. The molecule has 3 amide bonds. The largest absolute Gasteiger partial charge is 0.444 e. The molecule has 2 saturated heterocycles. The first-order chi connectivity index (χ1) is 12.5. The van der Waals surface area contributed by atoms with Gasteiger partial charge in [0, 0.05) is 13.1 Å². The van der Waals surface area contributed by atoms with Crippen molar-refractivity contribution in [2.24, 2.45) is 10.8 Å². The molecule has 0 bridgehead atoms. The molecule has 0 aromatic carbocycles. The first-order valence-electron chi connectivity index (χ1n) is 9.75. The van der Waals surface area contributed by atoms with E-state index in [1.807, 2.05) is 34.6 Å². The normalized spacial score (nSPS) is 21.9. The van der Waals surface area contributed by atoms with Crippen LogP contribution < -0.4 is 16.2 Å². The van der Waals surface area contributed by atoms with Crippen LogP contribution in [0.5, 0.6) is 0 Å². The highest BCUT2D eigenvalue weighted by Gasteiger charge is 2.40. The monoisotopic (exact) mass is 382 g/mol. The Balaban J connectivity index is 1.83. The summed E-state index contributed by atoms with van der Waals surface area (Å²) in [4.78, 5) is 38.9. The van der Waals surface area contributed by atoms with Gasteiger partial charge in [-0.3, -0.25) is 20.4 Å². The van der Waals surface area contributed by atoms with Crippen molar-refractivity contribution < 1.29 is 19.1 Å². The summed E-state index contributed by atoms with van der Waals surface area (Å²) in [7, 11) is 0. The van der Waals surface area contributed by atoms with Gasteiger partial charge in [0.15, 0.2) is 0 Å². The predicted octanol–water partition coefficient (Wildman–Crippen LogP) is 1.56. The molecule has 8 nitrogen and oxygen atoms in total. The fourth-order valence-corrected chi connectivity index (χ4v) is 3.36. The molecule has 2 aliphatic heterocycles. The fraction of sp³-hybridized carbons (Fsp3) is 0.842. The van der Waals surface area contributed by atoms with Gasteiger partial charge in [-0.25, -0.2) is 4.79 Å². The highest BCUT2D eigenvalue weighted by Crippen LogP contribution is 2.32. The zero-order valence-corrected chi connectivity index (χ0v) is 17.2. The topological polar surface area (TPSA) is 99.8 Å². The zero-order valence-electron chi connectivity index (χ0n) is 17.2. The Hall–Kier alpha value is -1.83. The van der Waals surface area contributed by atoms with E-state index in [4.69, 9.17) is 4.74 Å². The molecule has 2 heterocycles. The van der Waals surface area contributed by atoms with Crippen molar-refractivity contribution in [3.63, 3.8) is 0 Å². The van der Waals surface area contributed by atoms with Crippen LogP contribution in [-0.2, 0) is 14.3 Å². The van der Waals surface area contributed by atoms with Gasteiger partial charge in [-0.1, -0.05) is 13.8 Å². The van der Waals surface area contributed by atoms with Crippen LogP contribution in [0.1, 0.15) is 60.3 Å². The number of carbonyl (C=O) groups excluding carboxylic acids is 3. The lowest BCUT2D eigenvalue weighted by atomic mass is 9.79. The van der Waals surface area contributed by atoms with Gasteiger partial charge in [-0.15, -0.1) is 0 Å². The number of hydrazine groups is 1. The summed E-state index contributed by atoms with van der Waals surface area (Å²) in [6, 6.07) is 0. The number of amides is 3. The minimum Gasteiger partial charge on any atom is -0.444 e. The molecule has 0 unspecified atom stereocenters. The molecule has 3 N–H and O–H groups in total. The molecule has 0 aromatic heterocycles. The number of ether oxygens (including phenoxy) is 1. The Bertz CT molecular complexity index is 571.